The van der Waals surface area contributed by atoms with E-state index >= 15 is 0 Å². The average molecular weight is 261 g/mol. The van der Waals surface area contributed by atoms with E-state index in [-0.39, 0.29) is 0 Å². The van der Waals surface area contributed by atoms with Crippen molar-refractivity contribution >= 4 is 21.5 Å². The number of rotatable bonds is 5. The van der Waals surface area contributed by atoms with Crippen molar-refractivity contribution in [3.05, 3.63) is 60.2 Å². The lowest BCUT2D eigenvalue weighted by molar-refractivity contribution is 0.667. The Kier molecular flexibility index (Phi) is 4.01. The van der Waals surface area contributed by atoms with Gasteiger partial charge in [0.25, 0.3) is 0 Å². The molecule has 0 aliphatic rings. The molecule has 0 unspecified atom stereocenters. The van der Waals surface area contributed by atoms with Gasteiger partial charge in [0.1, 0.15) is 0 Å². The standard InChI is InChI=1S/C20H21/c1-2-3-4-5-8-16-11-12-19-14-17-9-6-7-10-18(17)15-20(19)13-16/h6,9-15H,2-5,8H2,1H3. The highest BCUT2D eigenvalue weighted by molar-refractivity contribution is 5.98. The number of fused-ring (bicyclic) bond motifs is 2. The second-order valence-electron chi connectivity index (χ2n) is 5.62. The topological polar surface area (TPSA) is 0 Å². The van der Waals surface area contributed by atoms with Gasteiger partial charge in [-0.2, -0.15) is 0 Å². The maximum absolute atomic E-state index is 3.16. The molecule has 0 heterocycles. The number of aryl methyl sites for hydroxylation is 1. The number of hydrogen-bond donors (Lipinski definition) is 0. The summed E-state index contributed by atoms with van der Waals surface area (Å²) in [6.45, 7) is 2.26. The maximum Gasteiger partial charge on any atom is -0.0171 e. The van der Waals surface area contributed by atoms with Crippen LogP contribution in [0.2, 0.25) is 0 Å². The SMILES string of the molecule is CCCCCCc1ccc2cc3cc[c]cc3cc2c1. The van der Waals surface area contributed by atoms with Crippen molar-refractivity contribution in [2.45, 2.75) is 39.0 Å². The number of unbranched alkanes of at least 4 members (excludes halogenated alkanes) is 3. The highest BCUT2D eigenvalue weighted by Crippen LogP contribution is 2.24. The van der Waals surface area contributed by atoms with Crippen molar-refractivity contribution in [2.24, 2.45) is 0 Å². The summed E-state index contributed by atoms with van der Waals surface area (Å²) < 4.78 is 0. The van der Waals surface area contributed by atoms with Crippen molar-refractivity contribution in [3.63, 3.8) is 0 Å². The van der Waals surface area contributed by atoms with Crippen LogP contribution in [0.3, 0.4) is 0 Å². The van der Waals surface area contributed by atoms with Gasteiger partial charge in [0.15, 0.2) is 0 Å². The molecule has 0 heteroatoms. The Morgan fingerprint density at radius 1 is 0.800 bits per heavy atom. The van der Waals surface area contributed by atoms with Gasteiger partial charge >= 0.3 is 0 Å². The molecule has 0 spiro atoms. The van der Waals surface area contributed by atoms with Crippen LogP contribution in [-0.4, -0.2) is 0 Å². The fourth-order valence-electron chi connectivity index (χ4n) is 2.84. The first-order chi connectivity index (χ1) is 9.86. The first kappa shape index (κ1) is 13.2. The summed E-state index contributed by atoms with van der Waals surface area (Å²) in [5.41, 5.74) is 1.47. The molecule has 3 rings (SSSR count). The van der Waals surface area contributed by atoms with Crippen molar-refractivity contribution in [1.82, 2.24) is 0 Å². The van der Waals surface area contributed by atoms with Crippen LogP contribution in [0.25, 0.3) is 21.5 Å². The molecule has 0 fully saturated rings. The second kappa shape index (κ2) is 6.09. The molecule has 0 nitrogen and oxygen atoms in total. The first-order valence-electron chi connectivity index (χ1n) is 7.69. The Labute approximate surface area is 121 Å². The van der Waals surface area contributed by atoms with Gasteiger partial charge in [0, 0.05) is 0 Å². The smallest absolute Gasteiger partial charge is 0.0171 e. The minimum Gasteiger partial charge on any atom is -0.0654 e. The third-order valence-electron chi connectivity index (χ3n) is 4.02. The zero-order valence-electron chi connectivity index (χ0n) is 12.2. The Bertz CT molecular complexity index is 709. The van der Waals surface area contributed by atoms with Crippen molar-refractivity contribution < 1.29 is 0 Å². The van der Waals surface area contributed by atoms with Gasteiger partial charge in [-0.05, 0) is 64.2 Å². The molecule has 1 radical (unpaired) electrons. The van der Waals surface area contributed by atoms with Gasteiger partial charge in [-0.1, -0.05) is 56.5 Å². The molecule has 0 amide bonds. The quantitative estimate of drug-likeness (QED) is 0.395. The molecule has 0 saturated heterocycles. The molecule has 0 aliphatic carbocycles. The van der Waals surface area contributed by atoms with Crippen molar-refractivity contribution in [1.29, 1.82) is 0 Å². The van der Waals surface area contributed by atoms with Crippen LogP contribution >= 0.6 is 0 Å². The maximum atomic E-state index is 3.16. The number of benzene rings is 3. The lowest BCUT2D eigenvalue weighted by atomic mass is 9.99. The molecule has 0 aromatic heterocycles. The molecule has 0 atom stereocenters. The van der Waals surface area contributed by atoms with Crippen molar-refractivity contribution in [2.75, 3.05) is 0 Å². The Balaban J connectivity index is 1.88. The summed E-state index contributed by atoms with van der Waals surface area (Å²) in [6, 6.07) is 20.8. The van der Waals surface area contributed by atoms with E-state index < -0.39 is 0 Å². The fraction of sp³-hybridized carbons (Fsp3) is 0.300. The van der Waals surface area contributed by atoms with E-state index in [1.165, 1.54) is 59.2 Å². The predicted molar refractivity (Wildman–Crippen MR) is 88.1 cm³/mol. The molecule has 0 N–H and O–H groups in total. The molecule has 3 aromatic rings. The van der Waals surface area contributed by atoms with E-state index in [1.54, 1.807) is 0 Å². The van der Waals surface area contributed by atoms with Crippen LogP contribution in [0.15, 0.2) is 48.5 Å². The Morgan fingerprint density at radius 2 is 1.65 bits per heavy atom. The van der Waals surface area contributed by atoms with E-state index in [9.17, 15) is 0 Å². The van der Waals surface area contributed by atoms with E-state index in [0.717, 1.165) is 0 Å². The lowest BCUT2D eigenvalue weighted by Gasteiger charge is -2.06. The highest BCUT2D eigenvalue weighted by Gasteiger charge is 2.00. The molecule has 0 aliphatic heterocycles. The molecule has 20 heavy (non-hydrogen) atoms. The molecule has 0 bridgehead atoms. The van der Waals surface area contributed by atoms with Gasteiger partial charge in [-0.15, -0.1) is 0 Å². The summed E-state index contributed by atoms with van der Waals surface area (Å²) in [6.07, 6.45) is 6.52. The van der Waals surface area contributed by atoms with E-state index in [4.69, 9.17) is 0 Å². The van der Waals surface area contributed by atoms with Gasteiger partial charge < -0.3 is 0 Å². The average Bonchev–Trinajstić information content (AvgIpc) is 2.49. The molecule has 101 valence electrons. The van der Waals surface area contributed by atoms with Crippen LogP contribution in [-0.2, 0) is 6.42 Å². The van der Waals surface area contributed by atoms with E-state index in [2.05, 4.69) is 55.5 Å². The zero-order valence-corrected chi connectivity index (χ0v) is 12.2. The summed E-state index contributed by atoms with van der Waals surface area (Å²) in [4.78, 5) is 0. The van der Waals surface area contributed by atoms with Crippen LogP contribution in [0.1, 0.15) is 38.2 Å². The molecule has 3 aromatic carbocycles. The lowest BCUT2D eigenvalue weighted by Crippen LogP contribution is -1.86. The van der Waals surface area contributed by atoms with Crippen LogP contribution in [0.5, 0.6) is 0 Å². The third kappa shape index (κ3) is 2.85. The van der Waals surface area contributed by atoms with Crippen molar-refractivity contribution in [3.8, 4) is 0 Å². The molecule has 0 saturated carbocycles. The van der Waals surface area contributed by atoms with Crippen LogP contribution in [0.4, 0.5) is 0 Å². The Hall–Kier alpha value is -1.82. The third-order valence-corrected chi connectivity index (χ3v) is 4.02. The minimum absolute atomic E-state index is 1.20. The zero-order chi connectivity index (χ0) is 13.8. The fourth-order valence-corrected chi connectivity index (χ4v) is 2.84. The van der Waals surface area contributed by atoms with Gasteiger partial charge in [-0.25, -0.2) is 0 Å². The minimum atomic E-state index is 1.20. The second-order valence-corrected chi connectivity index (χ2v) is 5.62. The summed E-state index contributed by atoms with van der Waals surface area (Å²) in [5.74, 6) is 0. The number of hydrogen-bond acceptors (Lipinski definition) is 0. The summed E-state index contributed by atoms with van der Waals surface area (Å²) in [7, 11) is 0. The highest BCUT2D eigenvalue weighted by atomic mass is 14.0. The van der Waals surface area contributed by atoms with Gasteiger partial charge in [0.2, 0.25) is 0 Å². The summed E-state index contributed by atoms with van der Waals surface area (Å²) >= 11 is 0. The predicted octanol–water partition coefficient (Wildman–Crippen LogP) is 5.92. The largest absolute Gasteiger partial charge is 0.0654 e. The first-order valence-corrected chi connectivity index (χ1v) is 7.69. The monoisotopic (exact) mass is 261 g/mol. The van der Waals surface area contributed by atoms with Gasteiger partial charge in [0.05, 0.1) is 0 Å². The van der Waals surface area contributed by atoms with Crippen LogP contribution < -0.4 is 0 Å². The Morgan fingerprint density at radius 3 is 2.55 bits per heavy atom. The normalized spacial score (nSPS) is 11.2. The van der Waals surface area contributed by atoms with Crippen LogP contribution in [0, 0.1) is 6.07 Å². The van der Waals surface area contributed by atoms with E-state index in [0.29, 0.717) is 0 Å². The molecular formula is C20H21. The van der Waals surface area contributed by atoms with E-state index in [1.807, 2.05) is 6.07 Å². The van der Waals surface area contributed by atoms with Gasteiger partial charge in [-0.3, -0.25) is 0 Å². The summed E-state index contributed by atoms with van der Waals surface area (Å²) in [5, 5.41) is 5.26. The molecular weight excluding hydrogens is 240 g/mol.